The zero-order chi connectivity index (χ0) is 16.1. The summed E-state index contributed by atoms with van der Waals surface area (Å²) in [5, 5.41) is 14.0. The van der Waals surface area contributed by atoms with Crippen LogP contribution in [0.2, 0.25) is 0 Å². The molecule has 2 amide bonds. The average molecular weight is 310 g/mol. The largest absolute Gasteiger partial charge is 0.396 e. The van der Waals surface area contributed by atoms with Crippen LogP contribution in [0.15, 0.2) is 30.4 Å². The molecule has 0 saturated heterocycles. The Morgan fingerprint density at radius 3 is 2.45 bits per heavy atom. The topological polar surface area (TPSA) is 78.4 Å². The molecule has 0 unspecified atom stereocenters. The van der Waals surface area contributed by atoms with Gasteiger partial charge in [-0.25, -0.2) is 8.78 Å². The minimum atomic E-state index is -0.860. The van der Waals surface area contributed by atoms with Crippen molar-refractivity contribution >= 4 is 11.8 Å². The van der Waals surface area contributed by atoms with E-state index >= 15 is 0 Å². The smallest absolute Gasteiger partial charge is 0.251 e. The third kappa shape index (κ3) is 4.36. The molecule has 1 aromatic carbocycles. The van der Waals surface area contributed by atoms with Gasteiger partial charge in [-0.1, -0.05) is 12.2 Å². The zero-order valence-electron chi connectivity index (χ0n) is 11.7. The van der Waals surface area contributed by atoms with Crippen LogP contribution >= 0.6 is 0 Å². The van der Waals surface area contributed by atoms with E-state index in [4.69, 9.17) is 5.11 Å². The second-order valence-electron chi connectivity index (χ2n) is 5.08. The van der Waals surface area contributed by atoms with E-state index < -0.39 is 23.4 Å². The van der Waals surface area contributed by atoms with E-state index in [-0.39, 0.29) is 30.7 Å². The quantitative estimate of drug-likeness (QED) is 0.702. The number of carbonyl (C=O) groups is 2. The summed E-state index contributed by atoms with van der Waals surface area (Å²) in [7, 11) is 0. The third-order valence-electron chi connectivity index (χ3n) is 3.29. The van der Waals surface area contributed by atoms with Crippen LogP contribution in [0.3, 0.4) is 0 Å². The first-order valence-electron chi connectivity index (χ1n) is 6.81. The maximum Gasteiger partial charge on any atom is 0.251 e. The van der Waals surface area contributed by atoms with Crippen molar-refractivity contribution in [1.82, 2.24) is 10.6 Å². The molecule has 0 aliphatic heterocycles. The van der Waals surface area contributed by atoms with Gasteiger partial charge in [-0.15, -0.1) is 0 Å². The molecule has 0 bridgehead atoms. The molecule has 0 spiro atoms. The van der Waals surface area contributed by atoms with Gasteiger partial charge in [0.25, 0.3) is 5.91 Å². The monoisotopic (exact) mass is 310 g/mol. The molecule has 7 heteroatoms. The molecule has 3 N–H and O–H groups in total. The molecule has 0 radical (unpaired) electrons. The lowest BCUT2D eigenvalue weighted by Gasteiger charge is -2.13. The Balaban J connectivity index is 1.81. The average Bonchev–Trinajstić information content (AvgIpc) is 2.91. The number of amides is 2. The lowest BCUT2D eigenvalue weighted by atomic mass is 10.1. The molecule has 1 aliphatic rings. The van der Waals surface area contributed by atoms with E-state index in [0.29, 0.717) is 12.5 Å². The Bertz CT molecular complexity index is 584. The van der Waals surface area contributed by atoms with E-state index in [1.807, 2.05) is 6.08 Å². The van der Waals surface area contributed by atoms with Crippen molar-refractivity contribution in [1.29, 1.82) is 0 Å². The van der Waals surface area contributed by atoms with Gasteiger partial charge in [-0.3, -0.25) is 9.59 Å². The molecule has 0 fully saturated rings. The maximum absolute atomic E-state index is 13.0. The summed E-state index contributed by atoms with van der Waals surface area (Å²) >= 11 is 0. The molecule has 2 rings (SSSR count). The highest BCUT2D eigenvalue weighted by Crippen LogP contribution is 2.16. The van der Waals surface area contributed by atoms with Crippen molar-refractivity contribution in [2.75, 3.05) is 13.2 Å². The number of aliphatic hydroxyl groups is 1. The molecule has 0 saturated carbocycles. The van der Waals surface area contributed by atoms with Crippen molar-refractivity contribution in [2.45, 2.75) is 12.5 Å². The van der Waals surface area contributed by atoms with Crippen LogP contribution in [0.4, 0.5) is 8.78 Å². The Labute approximate surface area is 126 Å². The van der Waals surface area contributed by atoms with Crippen molar-refractivity contribution in [2.24, 2.45) is 5.92 Å². The highest BCUT2D eigenvalue weighted by atomic mass is 19.1. The number of hydrogen-bond donors (Lipinski definition) is 3. The van der Waals surface area contributed by atoms with Crippen LogP contribution in [0.25, 0.3) is 0 Å². The Morgan fingerprint density at radius 2 is 1.86 bits per heavy atom. The predicted octanol–water partition coefficient (Wildman–Crippen LogP) is 0.748. The Kier molecular flexibility index (Phi) is 5.21. The zero-order valence-corrected chi connectivity index (χ0v) is 11.7. The van der Waals surface area contributed by atoms with Gasteiger partial charge < -0.3 is 15.7 Å². The summed E-state index contributed by atoms with van der Waals surface area (Å²) < 4.78 is 26.0. The van der Waals surface area contributed by atoms with Gasteiger partial charge in [0.15, 0.2) is 0 Å². The van der Waals surface area contributed by atoms with Gasteiger partial charge in [0.1, 0.15) is 11.6 Å². The number of halogens is 2. The van der Waals surface area contributed by atoms with E-state index in [9.17, 15) is 18.4 Å². The summed E-state index contributed by atoms with van der Waals surface area (Å²) in [6, 6.07) is 2.25. The van der Waals surface area contributed by atoms with E-state index in [1.54, 1.807) is 6.08 Å². The van der Waals surface area contributed by atoms with Crippen LogP contribution in [-0.4, -0.2) is 36.1 Å². The Morgan fingerprint density at radius 1 is 1.18 bits per heavy atom. The highest BCUT2D eigenvalue weighted by Gasteiger charge is 2.20. The first-order valence-corrected chi connectivity index (χ1v) is 6.81. The fourth-order valence-electron chi connectivity index (χ4n) is 2.22. The van der Waals surface area contributed by atoms with E-state index in [1.165, 1.54) is 0 Å². The highest BCUT2D eigenvalue weighted by molar-refractivity contribution is 5.96. The Hall–Kier alpha value is -2.28. The molecule has 0 heterocycles. The molecule has 118 valence electrons. The van der Waals surface area contributed by atoms with Crippen LogP contribution in [0.5, 0.6) is 0 Å². The second kappa shape index (κ2) is 7.13. The molecular formula is C15H16F2N2O3. The fraction of sp³-hybridized carbons (Fsp3) is 0.333. The first kappa shape index (κ1) is 16.1. The maximum atomic E-state index is 13.0. The lowest BCUT2D eigenvalue weighted by molar-refractivity contribution is -0.120. The fourth-order valence-corrected chi connectivity index (χ4v) is 2.22. The number of rotatable bonds is 5. The minimum Gasteiger partial charge on any atom is -0.396 e. The SMILES string of the molecule is O=C(CNC(=O)c1cc(F)cc(F)c1)N[C@@H]1C=C[C@H](CO)C1. The molecular weight excluding hydrogens is 294 g/mol. The lowest BCUT2D eigenvalue weighted by Crippen LogP contribution is -2.41. The van der Waals surface area contributed by atoms with Gasteiger partial charge >= 0.3 is 0 Å². The molecule has 22 heavy (non-hydrogen) atoms. The number of nitrogens with one attached hydrogen (secondary N) is 2. The standard InChI is InChI=1S/C15H16F2N2O3/c16-11-4-10(5-12(17)6-11)15(22)18-7-14(21)19-13-2-1-9(3-13)8-20/h1-2,4-6,9,13,20H,3,7-8H2,(H,18,22)(H,19,21)/t9-,13+/m0/s1. The number of benzene rings is 1. The summed E-state index contributed by atoms with van der Waals surface area (Å²) in [6.07, 6.45) is 4.20. The summed E-state index contributed by atoms with van der Waals surface area (Å²) in [6.45, 7) is -0.282. The van der Waals surface area contributed by atoms with Crippen LogP contribution in [-0.2, 0) is 4.79 Å². The van der Waals surface area contributed by atoms with Gasteiger partial charge in [-0.2, -0.15) is 0 Å². The molecule has 1 aliphatic carbocycles. The van der Waals surface area contributed by atoms with E-state index in [2.05, 4.69) is 10.6 Å². The third-order valence-corrected chi connectivity index (χ3v) is 3.29. The van der Waals surface area contributed by atoms with Gasteiger partial charge in [-0.05, 0) is 18.6 Å². The summed E-state index contributed by atoms with van der Waals surface area (Å²) in [5.41, 5.74) is -0.189. The summed E-state index contributed by atoms with van der Waals surface area (Å²) in [5.74, 6) is -2.85. The molecule has 5 nitrogen and oxygen atoms in total. The predicted molar refractivity (Wildman–Crippen MR) is 75.0 cm³/mol. The van der Waals surface area contributed by atoms with Crippen molar-refractivity contribution in [3.05, 3.63) is 47.5 Å². The first-order chi connectivity index (χ1) is 10.5. The van der Waals surface area contributed by atoms with E-state index in [0.717, 1.165) is 12.1 Å². The van der Waals surface area contributed by atoms with Crippen molar-refractivity contribution in [3.63, 3.8) is 0 Å². The van der Waals surface area contributed by atoms with Crippen LogP contribution in [0.1, 0.15) is 16.8 Å². The second-order valence-corrected chi connectivity index (χ2v) is 5.08. The number of aliphatic hydroxyl groups excluding tert-OH is 1. The minimum absolute atomic E-state index is 0.0186. The number of carbonyl (C=O) groups excluding carboxylic acids is 2. The van der Waals surface area contributed by atoms with Crippen molar-refractivity contribution < 1.29 is 23.5 Å². The van der Waals surface area contributed by atoms with Crippen LogP contribution < -0.4 is 10.6 Å². The normalized spacial score (nSPS) is 20.0. The summed E-state index contributed by atoms with van der Waals surface area (Å²) in [4.78, 5) is 23.4. The van der Waals surface area contributed by atoms with Crippen LogP contribution in [0, 0.1) is 17.6 Å². The number of hydrogen-bond acceptors (Lipinski definition) is 3. The van der Waals surface area contributed by atoms with Gasteiger partial charge in [0.2, 0.25) is 5.91 Å². The molecule has 2 atom stereocenters. The molecule has 1 aromatic rings. The van der Waals surface area contributed by atoms with Crippen molar-refractivity contribution in [3.8, 4) is 0 Å². The van der Waals surface area contributed by atoms with Gasteiger partial charge in [0, 0.05) is 30.2 Å². The van der Waals surface area contributed by atoms with Gasteiger partial charge in [0.05, 0.1) is 6.54 Å². The molecule has 0 aromatic heterocycles.